The number of carbonyl (C=O) groups is 1. The predicted molar refractivity (Wildman–Crippen MR) is 59.1 cm³/mol. The van der Waals surface area contributed by atoms with Gasteiger partial charge < -0.3 is 9.13 Å². The largest absolute Gasteiger partial charge is 0.340 e. The van der Waals surface area contributed by atoms with Crippen molar-refractivity contribution in [2.24, 2.45) is 7.05 Å². The normalized spacial score (nSPS) is 10.6. The quantitative estimate of drug-likeness (QED) is 0.721. The number of ketones is 1. The summed E-state index contributed by atoms with van der Waals surface area (Å²) in [6, 6.07) is 0. The van der Waals surface area contributed by atoms with Crippen molar-refractivity contribution in [1.29, 1.82) is 0 Å². The molecule has 0 aliphatic rings. The van der Waals surface area contributed by atoms with Gasteiger partial charge in [-0.25, -0.2) is 9.97 Å². The van der Waals surface area contributed by atoms with Crippen LogP contribution < -0.4 is 0 Å². The predicted octanol–water partition coefficient (Wildman–Crippen LogP) is 1.06. The summed E-state index contributed by atoms with van der Waals surface area (Å²) >= 11 is 0. The molecule has 0 amide bonds. The number of hydrogen-bond acceptors (Lipinski definition) is 3. The van der Waals surface area contributed by atoms with Gasteiger partial charge in [0.15, 0.2) is 5.78 Å². The van der Waals surface area contributed by atoms with Crippen molar-refractivity contribution in [3.05, 3.63) is 36.4 Å². The molecule has 0 bridgehead atoms. The van der Waals surface area contributed by atoms with Gasteiger partial charge in [0.2, 0.25) is 0 Å². The van der Waals surface area contributed by atoms with Gasteiger partial charge in [0.1, 0.15) is 11.5 Å². The van der Waals surface area contributed by atoms with E-state index in [-0.39, 0.29) is 5.78 Å². The Hall–Kier alpha value is -1.91. The van der Waals surface area contributed by atoms with E-state index < -0.39 is 0 Å². The molecule has 0 unspecified atom stereocenters. The first-order chi connectivity index (χ1) is 7.70. The van der Waals surface area contributed by atoms with E-state index in [2.05, 4.69) is 9.97 Å². The zero-order chi connectivity index (χ0) is 11.5. The van der Waals surface area contributed by atoms with Crippen molar-refractivity contribution >= 4 is 5.78 Å². The number of aryl methyl sites for hydroxylation is 2. The third kappa shape index (κ3) is 2.03. The fourth-order valence-corrected chi connectivity index (χ4v) is 1.59. The molecule has 5 nitrogen and oxygen atoms in total. The number of carbonyl (C=O) groups excluding carboxylic acids is 1. The van der Waals surface area contributed by atoms with E-state index in [9.17, 15) is 4.79 Å². The molecule has 2 rings (SSSR count). The minimum Gasteiger partial charge on any atom is -0.340 e. The zero-order valence-corrected chi connectivity index (χ0v) is 9.42. The zero-order valence-electron chi connectivity index (χ0n) is 9.42. The molecular weight excluding hydrogens is 204 g/mol. The van der Waals surface area contributed by atoms with Crippen LogP contribution in [0, 0.1) is 0 Å². The maximum absolute atomic E-state index is 11.9. The van der Waals surface area contributed by atoms with E-state index in [1.54, 1.807) is 23.3 Å². The smallest absolute Gasteiger partial charge is 0.190 e. The first-order valence-electron chi connectivity index (χ1n) is 5.22. The third-order valence-electron chi connectivity index (χ3n) is 2.45. The lowest BCUT2D eigenvalue weighted by Gasteiger charge is -2.02. The molecule has 0 aromatic carbocycles. The highest BCUT2D eigenvalue weighted by atomic mass is 16.1. The maximum Gasteiger partial charge on any atom is 0.190 e. The van der Waals surface area contributed by atoms with Crippen molar-refractivity contribution in [2.45, 2.75) is 19.9 Å². The molecule has 0 atom stereocenters. The van der Waals surface area contributed by atoms with E-state index in [0.717, 1.165) is 12.4 Å². The summed E-state index contributed by atoms with van der Waals surface area (Å²) in [6.45, 7) is 2.85. The van der Waals surface area contributed by atoms with Gasteiger partial charge in [-0.1, -0.05) is 0 Å². The van der Waals surface area contributed by atoms with Crippen molar-refractivity contribution in [3.63, 3.8) is 0 Å². The summed E-state index contributed by atoms with van der Waals surface area (Å²) in [6.07, 6.45) is 7.24. The summed E-state index contributed by atoms with van der Waals surface area (Å²) in [5, 5.41) is 0. The van der Waals surface area contributed by atoms with E-state index in [1.165, 1.54) is 0 Å². The summed E-state index contributed by atoms with van der Waals surface area (Å²) < 4.78 is 3.72. The Labute approximate surface area is 93.8 Å². The second-order valence-electron chi connectivity index (χ2n) is 3.65. The SMILES string of the molecule is CCn1ccnc1CC(=O)c1cn(C)cn1. The molecule has 0 spiro atoms. The average molecular weight is 218 g/mol. The Morgan fingerprint density at radius 3 is 2.88 bits per heavy atom. The molecule has 0 N–H and O–H groups in total. The van der Waals surface area contributed by atoms with Gasteiger partial charge in [0.25, 0.3) is 0 Å². The second-order valence-corrected chi connectivity index (χ2v) is 3.65. The molecule has 5 heteroatoms. The van der Waals surface area contributed by atoms with Gasteiger partial charge in [0.05, 0.1) is 12.7 Å². The number of hydrogen-bond donors (Lipinski definition) is 0. The van der Waals surface area contributed by atoms with Gasteiger partial charge in [-0.2, -0.15) is 0 Å². The number of Topliss-reactive ketones (excluding diaryl/α,β-unsaturated/α-hetero) is 1. The third-order valence-corrected chi connectivity index (χ3v) is 2.45. The number of imidazole rings is 2. The second kappa shape index (κ2) is 4.30. The van der Waals surface area contributed by atoms with Crippen LogP contribution in [0.15, 0.2) is 24.9 Å². The Balaban J connectivity index is 2.13. The molecule has 0 aliphatic carbocycles. The summed E-state index contributed by atoms with van der Waals surface area (Å²) in [4.78, 5) is 20.1. The molecule has 0 saturated carbocycles. The van der Waals surface area contributed by atoms with E-state index in [1.807, 2.05) is 24.7 Å². The lowest BCUT2D eigenvalue weighted by atomic mass is 10.2. The van der Waals surface area contributed by atoms with Crippen LogP contribution in [0.1, 0.15) is 23.2 Å². The van der Waals surface area contributed by atoms with Crippen molar-refractivity contribution < 1.29 is 4.79 Å². The standard InChI is InChI=1S/C11H14N4O/c1-3-15-5-4-12-11(15)6-10(16)9-7-14(2)8-13-9/h4-5,7-8H,3,6H2,1-2H3. The molecule has 84 valence electrons. The van der Waals surface area contributed by atoms with Crippen LogP contribution >= 0.6 is 0 Å². The summed E-state index contributed by atoms with van der Waals surface area (Å²) in [5.74, 6) is 0.791. The maximum atomic E-state index is 11.9. The Morgan fingerprint density at radius 1 is 1.44 bits per heavy atom. The number of rotatable bonds is 4. The summed E-state index contributed by atoms with van der Waals surface area (Å²) in [5.41, 5.74) is 0.494. The molecule has 16 heavy (non-hydrogen) atoms. The van der Waals surface area contributed by atoms with Crippen LogP contribution in [0.3, 0.4) is 0 Å². The fraction of sp³-hybridized carbons (Fsp3) is 0.364. The van der Waals surface area contributed by atoms with E-state index in [4.69, 9.17) is 0 Å². The van der Waals surface area contributed by atoms with Crippen LogP contribution in [0.4, 0.5) is 0 Å². The molecule has 2 heterocycles. The van der Waals surface area contributed by atoms with Gasteiger partial charge in [-0.3, -0.25) is 4.79 Å². The van der Waals surface area contributed by atoms with Gasteiger partial charge in [-0.05, 0) is 6.92 Å². The first kappa shape index (κ1) is 10.6. The lowest BCUT2D eigenvalue weighted by Crippen LogP contribution is -2.09. The van der Waals surface area contributed by atoms with Crippen LogP contribution in [0.5, 0.6) is 0 Å². The van der Waals surface area contributed by atoms with E-state index in [0.29, 0.717) is 12.1 Å². The molecule has 0 saturated heterocycles. The van der Waals surface area contributed by atoms with Crippen LogP contribution in [0.25, 0.3) is 0 Å². The minimum atomic E-state index is 0.00139. The Bertz CT molecular complexity index is 498. The monoisotopic (exact) mass is 218 g/mol. The van der Waals surface area contributed by atoms with Crippen LogP contribution in [-0.2, 0) is 20.0 Å². The van der Waals surface area contributed by atoms with Gasteiger partial charge in [0, 0.05) is 32.2 Å². The number of nitrogens with zero attached hydrogens (tertiary/aromatic N) is 4. The fourth-order valence-electron chi connectivity index (χ4n) is 1.59. The number of aromatic nitrogens is 4. The van der Waals surface area contributed by atoms with Crippen LogP contribution in [0.2, 0.25) is 0 Å². The highest BCUT2D eigenvalue weighted by Crippen LogP contribution is 2.04. The van der Waals surface area contributed by atoms with Crippen molar-refractivity contribution in [1.82, 2.24) is 19.1 Å². The summed E-state index contributed by atoms with van der Waals surface area (Å²) in [7, 11) is 1.84. The van der Waals surface area contributed by atoms with E-state index >= 15 is 0 Å². The lowest BCUT2D eigenvalue weighted by molar-refractivity contribution is 0.0985. The topological polar surface area (TPSA) is 52.7 Å². The van der Waals surface area contributed by atoms with Gasteiger partial charge in [-0.15, -0.1) is 0 Å². The Morgan fingerprint density at radius 2 is 2.25 bits per heavy atom. The highest BCUT2D eigenvalue weighted by Gasteiger charge is 2.12. The van der Waals surface area contributed by atoms with Crippen molar-refractivity contribution in [2.75, 3.05) is 0 Å². The highest BCUT2D eigenvalue weighted by molar-refractivity contribution is 5.95. The molecule has 0 fully saturated rings. The Kier molecular flexibility index (Phi) is 2.85. The minimum absolute atomic E-state index is 0.00139. The van der Waals surface area contributed by atoms with Gasteiger partial charge >= 0.3 is 0 Å². The molecule has 2 aromatic heterocycles. The average Bonchev–Trinajstić information content (AvgIpc) is 2.86. The molecule has 0 radical (unpaired) electrons. The van der Waals surface area contributed by atoms with Crippen LogP contribution in [-0.4, -0.2) is 24.9 Å². The molecular formula is C11H14N4O. The molecule has 0 aliphatic heterocycles. The van der Waals surface area contributed by atoms with Crippen molar-refractivity contribution in [3.8, 4) is 0 Å². The molecule has 2 aromatic rings. The first-order valence-corrected chi connectivity index (χ1v) is 5.22.